The van der Waals surface area contributed by atoms with Gasteiger partial charge in [0, 0.05) is 53.7 Å². The maximum atomic E-state index is 2.39. The van der Waals surface area contributed by atoms with E-state index in [1.165, 1.54) is 97.3 Å². The number of para-hydroxylation sites is 2. The predicted octanol–water partition coefficient (Wildman–Crippen LogP) is 18.4. The van der Waals surface area contributed by atoms with Gasteiger partial charge in [0.25, 0.3) is 0 Å². The van der Waals surface area contributed by atoms with E-state index < -0.39 is 0 Å². The number of hydrogen-bond acceptors (Lipinski definition) is 2. The van der Waals surface area contributed by atoms with Crippen molar-refractivity contribution in [3.8, 4) is 50.2 Å². The molecule has 2 heterocycles. The van der Waals surface area contributed by atoms with Crippen LogP contribution in [0.25, 0.3) is 103 Å². The lowest BCUT2D eigenvalue weighted by molar-refractivity contribution is 1.18. The molecule has 0 unspecified atom stereocenters. The highest BCUT2D eigenvalue weighted by atomic mass is 32.1. The molecule has 314 valence electrons. The third-order valence-corrected chi connectivity index (χ3v) is 14.6. The van der Waals surface area contributed by atoms with E-state index in [0.29, 0.717) is 0 Å². The van der Waals surface area contributed by atoms with E-state index in [-0.39, 0.29) is 0 Å². The Kier molecular flexibility index (Phi) is 9.40. The van der Waals surface area contributed by atoms with Gasteiger partial charge in [-0.15, -0.1) is 11.3 Å². The van der Waals surface area contributed by atoms with Crippen LogP contribution >= 0.6 is 11.3 Å². The van der Waals surface area contributed by atoms with Crippen LogP contribution in [0.15, 0.2) is 255 Å². The highest BCUT2D eigenvalue weighted by molar-refractivity contribution is 7.26. The molecule has 0 saturated carbocycles. The number of anilines is 3. The molecule has 13 aromatic rings. The molecule has 0 aliphatic heterocycles. The Balaban J connectivity index is 0.854. The third kappa shape index (κ3) is 6.88. The van der Waals surface area contributed by atoms with Gasteiger partial charge in [-0.1, -0.05) is 188 Å². The maximum absolute atomic E-state index is 2.39. The van der Waals surface area contributed by atoms with Crippen molar-refractivity contribution in [1.82, 2.24) is 4.57 Å². The molecule has 0 aliphatic carbocycles. The van der Waals surface area contributed by atoms with Crippen LogP contribution in [0.1, 0.15) is 0 Å². The zero-order valence-corrected chi connectivity index (χ0v) is 37.4. The largest absolute Gasteiger partial charge is 0.311 e. The van der Waals surface area contributed by atoms with Gasteiger partial charge in [0.1, 0.15) is 0 Å². The zero-order valence-electron chi connectivity index (χ0n) is 36.6. The number of thiophene rings is 1. The van der Waals surface area contributed by atoms with Crippen molar-refractivity contribution in [3.63, 3.8) is 0 Å². The summed E-state index contributed by atoms with van der Waals surface area (Å²) >= 11 is 1.89. The van der Waals surface area contributed by atoms with Gasteiger partial charge in [-0.3, -0.25) is 0 Å². The summed E-state index contributed by atoms with van der Waals surface area (Å²) in [6.07, 6.45) is 0. The Morgan fingerprint density at radius 2 is 0.716 bits per heavy atom. The van der Waals surface area contributed by atoms with Crippen molar-refractivity contribution in [2.45, 2.75) is 0 Å². The molecule has 13 rings (SSSR count). The third-order valence-electron chi connectivity index (χ3n) is 13.4. The average molecular weight is 871 g/mol. The summed E-state index contributed by atoms with van der Waals surface area (Å²) in [4.78, 5) is 2.37. The second-order valence-electron chi connectivity index (χ2n) is 17.3. The molecule has 2 aromatic heterocycles. The first kappa shape index (κ1) is 38.9. The number of nitrogens with zero attached hydrogens (tertiary/aromatic N) is 2. The molecule has 0 atom stereocenters. The average Bonchev–Trinajstić information content (AvgIpc) is 3.96. The standard InChI is InChI=1S/C64H42N2S/c1-2-11-43(12-3-1)44-21-23-45(24-22-44)46-25-33-52(34-26-46)65(54-37-29-48(30-38-54)51-32-39-59-60-40-31-49-13-4-5-16-56(49)64(60)67-63(59)42-51)53-35-27-47(28-36-53)50-14-10-15-55(41-50)66-61-19-8-6-17-57(61)58-18-7-9-20-62(58)66/h1-42H. The molecule has 0 fully saturated rings. The molecule has 3 heteroatoms. The fourth-order valence-corrected chi connectivity index (χ4v) is 11.3. The normalized spacial score (nSPS) is 11.6. The van der Waals surface area contributed by atoms with Gasteiger partial charge in [0.2, 0.25) is 0 Å². The van der Waals surface area contributed by atoms with Gasteiger partial charge in [-0.2, -0.15) is 0 Å². The molecule has 2 nitrogen and oxygen atoms in total. The number of fused-ring (bicyclic) bond motifs is 8. The minimum absolute atomic E-state index is 1.09. The molecule has 0 bridgehead atoms. The summed E-state index contributed by atoms with van der Waals surface area (Å²) in [5, 5.41) is 7.78. The SMILES string of the molecule is c1ccc(-c2ccc(-c3ccc(N(c4ccc(-c5cccc(-n6c7ccccc7c7ccccc76)c5)cc4)c4ccc(-c5ccc6c(c5)sc5c7ccccc7ccc65)cc4)cc3)cc2)cc1. The van der Waals surface area contributed by atoms with E-state index in [4.69, 9.17) is 0 Å². The van der Waals surface area contributed by atoms with Crippen LogP contribution in [-0.4, -0.2) is 4.57 Å². The van der Waals surface area contributed by atoms with Gasteiger partial charge in [0.05, 0.1) is 11.0 Å². The molecule has 0 spiro atoms. The van der Waals surface area contributed by atoms with Crippen molar-refractivity contribution in [3.05, 3.63) is 255 Å². The molecule has 0 radical (unpaired) electrons. The molecule has 11 aromatic carbocycles. The van der Waals surface area contributed by atoms with Gasteiger partial charge >= 0.3 is 0 Å². The van der Waals surface area contributed by atoms with Crippen LogP contribution in [0.3, 0.4) is 0 Å². The van der Waals surface area contributed by atoms with Crippen molar-refractivity contribution in [2.24, 2.45) is 0 Å². The lowest BCUT2D eigenvalue weighted by Crippen LogP contribution is -2.09. The Hall–Kier alpha value is -8.50. The molecule has 0 N–H and O–H groups in total. The first-order valence-electron chi connectivity index (χ1n) is 22.9. The fourth-order valence-electron chi connectivity index (χ4n) is 10.1. The second-order valence-corrected chi connectivity index (χ2v) is 18.4. The van der Waals surface area contributed by atoms with Gasteiger partial charge < -0.3 is 9.47 Å². The maximum Gasteiger partial charge on any atom is 0.0541 e. The van der Waals surface area contributed by atoms with E-state index in [1.807, 2.05) is 11.3 Å². The van der Waals surface area contributed by atoms with E-state index >= 15 is 0 Å². The summed E-state index contributed by atoms with van der Waals surface area (Å²) in [5.74, 6) is 0. The first-order valence-corrected chi connectivity index (χ1v) is 23.7. The van der Waals surface area contributed by atoms with Gasteiger partial charge in [-0.25, -0.2) is 0 Å². The zero-order chi connectivity index (χ0) is 44.3. The van der Waals surface area contributed by atoms with Crippen LogP contribution in [-0.2, 0) is 0 Å². The van der Waals surface area contributed by atoms with E-state index in [0.717, 1.165) is 22.7 Å². The second kappa shape index (κ2) is 16.2. The summed E-state index contributed by atoms with van der Waals surface area (Å²) in [7, 11) is 0. The van der Waals surface area contributed by atoms with Crippen molar-refractivity contribution < 1.29 is 0 Å². The van der Waals surface area contributed by atoms with Crippen molar-refractivity contribution in [1.29, 1.82) is 0 Å². The Morgan fingerprint density at radius 1 is 0.284 bits per heavy atom. The van der Waals surface area contributed by atoms with Crippen molar-refractivity contribution >= 4 is 81.1 Å². The Labute approximate surface area is 393 Å². The van der Waals surface area contributed by atoms with Crippen LogP contribution in [0.4, 0.5) is 17.1 Å². The summed E-state index contributed by atoms with van der Waals surface area (Å²) in [6.45, 7) is 0. The van der Waals surface area contributed by atoms with E-state index in [1.54, 1.807) is 0 Å². The fraction of sp³-hybridized carbons (Fsp3) is 0. The van der Waals surface area contributed by atoms with Gasteiger partial charge in [0.15, 0.2) is 0 Å². The number of hydrogen-bond donors (Lipinski definition) is 0. The summed E-state index contributed by atoms with van der Waals surface area (Å²) < 4.78 is 5.05. The highest BCUT2D eigenvalue weighted by Crippen LogP contribution is 2.42. The summed E-state index contributed by atoms with van der Waals surface area (Å²) in [5.41, 5.74) is 16.4. The predicted molar refractivity (Wildman–Crippen MR) is 288 cm³/mol. The molecule has 0 saturated heterocycles. The van der Waals surface area contributed by atoms with E-state index in [9.17, 15) is 0 Å². The van der Waals surface area contributed by atoms with Gasteiger partial charge in [-0.05, 0) is 122 Å². The number of rotatable bonds is 8. The van der Waals surface area contributed by atoms with E-state index in [2.05, 4.69) is 264 Å². The smallest absolute Gasteiger partial charge is 0.0541 e. The van der Waals surface area contributed by atoms with Crippen LogP contribution < -0.4 is 4.90 Å². The van der Waals surface area contributed by atoms with Crippen LogP contribution in [0.5, 0.6) is 0 Å². The lowest BCUT2D eigenvalue weighted by Gasteiger charge is -2.26. The quantitative estimate of drug-likeness (QED) is 0.148. The number of benzene rings is 11. The molecular formula is C64H42N2S. The minimum Gasteiger partial charge on any atom is -0.311 e. The number of aromatic nitrogens is 1. The highest BCUT2D eigenvalue weighted by Gasteiger charge is 2.17. The lowest BCUT2D eigenvalue weighted by atomic mass is 10.00. The van der Waals surface area contributed by atoms with Crippen molar-refractivity contribution in [2.75, 3.05) is 4.90 Å². The monoisotopic (exact) mass is 870 g/mol. The summed E-state index contributed by atoms with van der Waals surface area (Å²) in [6, 6.07) is 93.0. The molecule has 0 aliphatic rings. The minimum atomic E-state index is 1.09. The molecule has 0 amide bonds. The molecule has 67 heavy (non-hydrogen) atoms. The van der Waals surface area contributed by atoms with Crippen LogP contribution in [0, 0.1) is 0 Å². The van der Waals surface area contributed by atoms with Crippen LogP contribution in [0.2, 0.25) is 0 Å². The Bertz CT molecular complexity index is 3880. The molecular weight excluding hydrogens is 829 g/mol. The first-order chi connectivity index (χ1) is 33.2. The Morgan fingerprint density at radius 3 is 1.31 bits per heavy atom. The topological polar surface area (TPSA) is 8.17 Å².